The molecule has 0 bridgehead atoms. The zero-order chi connectivity index (χ0) is 19.3. The molecular weight excluding hydrogens is 374 g/mol. The van der Waals surface area contributed by atoms with E-state index in [1.54, 1.807) is 19.1 Å². The Hall–Kier alpha value is -2.13. The standard InChI is InChI=1S/C17H21N3O4S2/c1-4-5-14-10-15(21)19-17(18-14)25-11(2)16(22)12-6-8-13(9-7-12)20-26(3,23)24/h6-11,20H,4-5H2,1-3H3,(H,18,19,21). The maximum absolute atomic E-state index is 12.6. The Kier molecular flexibility index (Phi) is 6.60. The SMILES string of the molecule is CCCc1cc(=O)[nH]c(SC(C)C(=O)c2ccc(NS(C)(=O)=O)cc2)n1. The number of rotatable bonds is 8. The van der Waals surface area contributed by atoms with Gasteiger partial charge in [-0.15, -0.1) is 0 Å². The smallest absolute Gasteiger partial charge is 0.251 e. The first kappa shape index (κ1) is 20.2. The lowest BCUT2D eigenvalue weighted by Gasteiger charge is -2.11. The second-order valence-electron chi connectivity index (χ2n) is 5.87. The monoisotopic (exact) mass is 395 g/mol. The fourth-order valence-corrected chi connectivity index (χ4v) is 3.77. The molecule has 1 atom stereocenters. The highest BCUT2D eigenvalue weighted by atomic mass is 32.2. The number of hydrogen-bond acceptors (Lipinski definition) is 6. The Labute approximate surface area is 156 Å². The van der Waals surface area contributed by atoms with Gasteiger partial charge in [-0.3, -0.25) is 14.3 Å². The summed E-state index contributed by atoms with van der Waals surface area (Å²) in [4.78, 5) is 31.3. The molecule has 9 heteroatoms. The largest absolute Gasteiger partial charge is 0.301 e. The molecule has 2 rings (SSSR count). The van der Waals surface area contributed by atoms with Gasteiger partial charge in [0, 0.05) is 23.0 Å². The summed E-state index contributed by atoms with van der Waals surface area (Å²) in [6, 6.07) is 7.67. The zero-order valence-electron chi connectivity index (χ0n) is 14.8. The Balaban J connectivity index is 2.11. The number of anilines is 1. The van der Waals surface area contributed by atoms with Crippen LogP contribution in [0.2, 0.25) is 0 Å². The molecule has 0 radical (unpaired) electrons. The van der Waals surface area contributed by atoms with E-state index in [0.29, 0.717) is 28.5 Å². The average Bonchev–Trinajstić information content (AvgIpc) is 2.53. The van der Waals surface area contributed by atoms with Crippen molar-refractivity contribution < 1.29 is 13.2 Å². The molecule has 0 aliphatic carbocycles. The number of benzene rings is 1. The number of aromatic nitrogens is 2. The minimum atomic E-state index is -3.36. The number of Topliss-reactive ketones (excluding diaryl/α,β-unsaturated/α-hetero) is 1. The lowest BCUT2D eigenvalue weighted by molar-refractivity contribution is 0.0994. The number of sulfonamides is 1. The second-order valence-corrected chi connectivity index (χ2v) is 8.95. The molecule has 140 valence electrons. The van der Waals surface area contributed by atoms with Crippen LogP contribution in [-0.4, -0.2) is 35.7 Å². The highest BCUT2D eigenvalue weighted by Gasteiger charge is 2.18. The number of ketones is 1. The first-order valence-corrected chi connectivity index (χ1v) is 10.8. The van der Waals surface area contributed by atoms with Crippen LogP contribution in [0.3, 0.4) is 0 Å². The van der Waals surface area contributed by atoms with Gasteiger partial charge >= 0.3 is 0 Å². The van der Waals surface area contributed by atoms with Crippen molar-refractivity contribution in [3.05, 3.63) is 51.9 Å². The Morgan fingerprint density at radius 3 is 2.54 bits per heavy atom. The van der Waals surface area contributed by atoms with E-state index in [4.69, 9.17) is 0 Å². The Bertz CT molecular complexity index is 937. The molecule has 1 aromatic carbocycles. The quantitative estimate of drug-likeness (QED) is 0.404. The number of nitrogens with one attached hydrogen (secondary N) is 2. The number of aryl methyl sites for hydroxylation is 1. The van der Waals surface area contributed by atoms with E-state index in [1.807, 2.05) is 6.92 Å². The third-order valence-corrected chi connectivity index (χ3v) is 5.00. The maximum atomic E-state index is 12.6. The molecule has 0 fully saturated rings. The van der Waals surface area contributed by atoms with Crippen molar-refractivity contribution in [2.75, 3.05) is 11.0 Å². The van der Waals surface area contributed by atoms with Crippen LogP contribution in [0, 0.1) is 0 Å². The van der Waals surface area contributed by atoms with Gasteiger partial charge in [-0.1, -0.05) is 25.1 Å². The predicted octanol–water partition coefficient (Wildman–Crippen LogP) is 2.46. The van der Waals surface area contributed by atoms with Crippen LogP contribution in [-0.2, 0) is 16.4 Å². The summed E-state index contributed by atoms with van der Waals surface area (Å²) < 4.78 is 24.8. The van der Waals surface area contributed by atoms with Crippen molar-refractivity contribution in [2.24, 2.45) is 0 Å². The molecular formula is C17H21N3O4S2. The first-order valence-electron chi connectivity index (χ1n) is 8.07. The van der Waals surface area contributed by atoms with E-state index in [0.717, 1.165) is 12.7 Å². The highest BCUT2D eigenvalue weighted by Crippen LogP contribution is 2.23. The topological polar surface area (TPSA) is 109 Å². The van der Waals surface area contributed by atoms with Crippen molar-refractivity contribution in [3.8, 4) is 0 Å². The number of nitrogens with zero attached hydrogens (tertiary/aromatic N) is 1. The minimum absolute atomic E-state index is 0.135. The zero-order valence-corrected chi connectivity index (χ0v) is 16.4. The predicted molar refractivity (Wildman–Crippen MR) is 103 cm³/mol. The third kappa shape index (κ3) is 5.99. The molecule has 0 aliphatic heterocycles. The summed E-state index contributed by atoms with van der Waals surface area (Å²) in [6.45, 7) is 3.74. The molecule has 0 saturated heterocycles. The van der Waals surface area contributed by atoms with Gasteiger partial charge in [0.2, 0.25) is 10.0 Å². The molecule has 0 aliphatic rings. The summed E-state index contributed by atoms with van der Waals surface area (Å²) in [6.07, 6.45) is 2.64. The Morgan fingerprint density at radius 2 is 1.96 bits per heavy atom. The van der Waals surface area contributed by atoms with E-state index in [1.165, 1.54) is 30.0 Å². The van der Waals surface area contributed by atoms with Crippen molar-refractivity contribution in [3.63, 3.8) is 0 Å². The van der Waals surface area contributed by atoms with Gasteiger partial charge in [0.1, 0.15) is 0 Å². The number of carbonyl (C=O) groups excluding carboxylic acids is 1. The van der Waals surface area contributed by atoms with Crippen LogP contribution in [0.15, 0.2) is 40.3 Å². The number of aromatic amines is 1. The summed E-state index contributed by atoms with van der Waals surface area (Å²) in [7, 11) is -3.36. The fraction of sp³-hybridized carbons (Fsp3) is 0.353. The average molecular weight is 396 g/mol. The molecule has 1 heterocycles. The molecule has 26 heavy (non-hydrogen) atoms. The van der Waals surface area contributed by atoms with Crippen LogP contribution in [0.5, 0.6) is 0 Å². The van der Waals surface area contributed by atoms with Gasteiger partial charge in [0.05, 0.1) is 11.5 Å². The van der Waals surface area contributed by atoms with E-state index >= 15 is 0 Å². The molecule has 0 amide bonds. The van der Waals surface area contributed by atoms with Crippen LogP contribution < -0.4 is 10.3 Å². The van der Waals surface area contributed by atoms with Crippen molar-refractivity contribution in [1.82, 2.24) is 9.97 Å². The van der Waals surface area contributed by atoms with Gasteiger partial charge in [-0.05, 0) is 37.6 Å². The number of H-pyrrole nitrogens is 1. The molecule has 0 saturated carbocycles. The van der Waals surface area contributed by atoms with E-state index in [9.17, 15) is 18.0 Å². The van der Waals surface area contributed by atoms with E-state index in [-0.39, 0.29) is 11.3 Å². The fourth-order valence-electron chi connectivity index (χ4n) is 2.30. The van der Waals surface area contributed by atoms with Gasteiger partial charge < -0.3 is 4.98 Å². The first-order chi connectivity index (χ1) is 12.2. The number of hydrogen-bond donors (Lipinski definition) is 2. The summed E-state index contributed by atoms with van der Waals surface area (Å²) in [5.41, 5.74) is 1.31. The second kappa shape index (κ2) is 8.50. The van der Waals surface area contributed by atoms with Crippen LogP contribution >= 0.6 is 11.8 Å². The normalized spacial score (nSPS) is 12.6. The van der Waals surface area contributed by atoms with Crippen LogP contribution in [0.4, 0.5) is 5.69 Å². The van der Waals surface area contributed by atoms with E-state index < -0.39 is 15.3 Å². The molecule has 0 spiro atoms. The maximum Gasteiger partial charge on any atom is 0.251 e. The molecule has 2 N–H and O–H groups in total. The summed E-state index contributed by atoms with van der Waals surface area (Å²) in [5.74, 6) is -0.135. The summed E-state index contributed by atoms with van der Waals surface area (Å²) in [5, 5.41) is -0.0408. The van der Waals surface area contributed by atoms with E-state index in [2.05, 4.69) is 14.7 Å². The van der Waals surface area contributed by atoms with Crippen LogP contribution in [0.1, 0.15) is 36.3 Å². The van der Waals surface area contributed by atoms with Gasteiger partial charge in [0.25, 0.3) is 5.56 Å². The van der Waals surface area contributed by atoms with Gasteiger partial charge in [-0.25, -0.2) is 13.4 Å². The number of carbonyl (C=O) groups is 1. The molecule has 2 aromatic rings. The summed E-state index contributed by atoms with van der Waals surface area (Å²) >= 11 is 1.19. The highest BCUT2D eigenvalue weighted by molar-refractivity contribution is 8.00. The van der Waals surface area contributed by atoms with Crippen LogP contribution in [0.25, 0.3) is 0 Å². The lowest BCUT2D eigenvalue weighted by Crippen LogP contribution is -2.17. The number of thioether (sulfide) groups is 1. The molecule has 7 nitrogen and oxygen atoms in total. The third-order valence-electron chi connectivity index (χ3n) is 3.41. The van der Waals surface area contributed by atoms with Gasteiger partial charge in [0.15, 0.2) is 10.9 Å². The Morgan fingerprint density at radius 1 is 1.31 bits per heavy atom. The van der Waals surface area contributed by atoms with Crippen molar-refractivity contribution in [1.29, 1.82) is 0 Å². The lowest BCUT2D eigenvalue weighted by atomic mass is 10.1. The van der Waals surface area contributed by atoms with Gasteiger partial charge in [-0.2, -0.15) is 0 Å². The van der Waals surface area contributed by atoms with Crippen molar-refractivity contribution >= 4 is 33.3 Å². The minimum Gasteiger partial charge on any atom is -0.301 e. The molecule has 1 unspecified atom stereocenters. The molecule has 1 aromatic heterocycles. The van der Waals surface area contributed by atoms with Crippen molar-refractivity contribution in [2.45, 2.75) is 37.1 Å².